The molecule has 1 aromatic heterocycles. The molecule has 0 atom stereocenters. The quantitative estimate of drug-likeness (QED) is 0.812. The van der Waals surface area contributed by atoms with E-state index in [9.17, 15) is 14.0 Å². The summed E-state index contributed by atoms with van der Waals surface area (Å²) in [6.07, 6.45) is 0. The SMILES string of the molecule is CCOC(=O)c1nnnn1CC(=O)Nc1ccccc1F. The van der Waals surface area contributed by atoms with Crippen molar-refractivity contribution < 1.29 is 18.7 Å². The van der Waals surface area contributed by atoms with E-state index in [4.69, 9.17) is 4.74 Å². The molecule has 9 heteroatoms. The number of esters is 1. The van der Waals surface area contributed by atoms with Gasteiger partial charge in [0.1, 0.15) is 12.4 Å². The third-order valence-corrected chi connectivity index (χ3v) is 2.43. The highest BCUT2D eigenvalue weighted by atomic mass is 19.1. The van der Waals surface area contributed by atoms with Crippen LogP contribution in [0.3, 0.4) is 0 Å². The van der Waals surface area contributed by atoms with Crippen molar-refractivity contribution in [2.24, 2.45) is 0 Å². The minimum absolute atomic E-state index is 0.0354. The lowest BCUT2D eigenvalue weighted by molar-refractivity contribution is -0.117. The van der Waals surface area contributed by atoms with Gasteiger partial charge >= 0.3 is 5.97 Å². The fourth-order valence-electron chi connectivity index (χ4n) is 1.54. The number of tetrazole rings is 1. The third kappa shape index (κ3) is 3.59. The average molecular weight is 293 g/mol. The molecule has 8 nitrogen and oxygen atoms in total. The molecule has 2 aromatic rings. The summed E-state index contributed by atoms with van der Waals surface area (Å²) in [5.41, 5.74) is 0.0354. The molecular formula is C12H12FN5O3. The average Bonchev–Trinajstić information content (AvgIpc) is 2.90. The van der Waals surface area contributed by atoms with Crippen LogP contribution in [0.4, 0.5) is 10.1 Å². The number of nitrogens with one attached hydrogen (secondary N) is 1. The van der Waals surface area contributed by atoms with Crippen molar-refractivity contribution >= 4 is 17.6 Å². The fraction of sp³-hybridized carbons (Fsp3) is 0.250. The number of amides is 1. The predicted molar refractivity (Wildman–Crippen MR) is 68.8 cm³/mol. The Morgan fingerprint density at radius 3 is 2.86 bits per heavy atom. The molecule has 1 N–H and O–H groups in total. The van der Waals surface area contributed by atoms with E-state index in [1.54, 1.807) is 13.0 Å². The van der Waals surface area contributed by atoms with Gasteiger partial charge in [-0.3, -0.25) is 4.79 Å². The number of rotatable bonds is 5. The molecule has 0 saturated carbocycles. The highest BCUT2D eigenvalue weighted by Gasteiger charge is 2.18. The van der Waals surface area contributed by atoms with Crippen LogP contribution in [0.2, 0.25) is 0 Å². The van der Waals surface area contributed by atoms with Crippen molar-refractivity contribution in [3.63, 3.8) is 0 Å². The summed E-state index contributed by atoms with van der Waals surface area (Å²) < 4.78 is 19.1. The Hall–Kier alpha value is -2.84. The molecule has 0 aliphatic heterocycles. The van der Waals surface area contributed by atoms with Crippen molar-refractivity contribution in [3.8, 4) is 0 Å². The molecule has 1 heterocycles. The van der Waals surface area contributed by atoms with Crippen molar-refractivity contribution in [1.29, 1.82) is 0 Å². The van der Waals surface area contributed by atoms with Gasteiger partial charge < -0.3 is 10.1 Å². The Kier molecular flexibility index (Phi) is 4.54. The predicted octanol–water partition coefficient (Wildman–Crippen LogP) is 0.628. The van der Waals surface area contributed by atoms with Gasteiger partial charge in [0.25, 0.3) is 5.82 Å². The molecular weight excluding hydrogens is 281 g/mol. The number of hydrogen-bond acceptors (Lipinski definition) is 6. The van der Waals surface area contributed by atoms with E-state index in [0.717, 1.165) is 4.68 Å². The van der Waals surface area contributed by atoms with Crippen LogP contribution in [0.5, 0.6) is 0 Å². The van der Waals surface area contributed by atoms with Gasteiger partial charge in [-0.15, -0.1) is 5.10 Å². The number of para-hydroxylation sites is 1. The van der Waals surface area contributed by atoms with Gasteiger partial charge in [0.05, 0.1) is 12.3 Å². The number of hydrogen-bond donors (Lipinski definition) is 1. The second kappa shape index (κ2) is 6.55. The maximum atomic E-state index is 13.4. The third-order valence-electron chi connectivity index (χ3n) is 2.43. The fourth-order valence-corrected chi connectivity index (χ4v) is 1.54. The Morgan fingerprint density at radius 2 is 2.14 bits per heavy atom. The van der Waals surface area contributed by atoms with E-state index < -0.39 is 17.7 Å². The van der Waals surface area contributed by atoms with Crippen LogP contribution in [-0.4, -0.2) is 38.7 Å². The first kappa shape index (κ1) is 14.6. The minimum Gasteiger partial charge on any atom is -0.460 e. The first-order chi connectivity index (χ1) is 10.1. The molecule has 0 aliphatic carbocycles. The summed E-state index contributed by atoms with van der Waals surface area (Å²) in [7, 11) is 0. The lowest BCUT2D eigenvalue weighted by Crippen LogP contribution is -2.23. The highest BCUT2D eigenvalue weighted by Crippen LogP contribution is 2.12. The van der Waals surface area contributed by atoms with E-state index in [0.29, 0.717) is 0 Å². The molecule has 0 spiro atoms. The van der Waals surface area contributed by atoms with E-state index in [1.165, 1.54) is 18.2 Å². The van der Waals surface area contributed by atoms with E-state index in [-0.39, 0.29) is 24.7 Å². The molecule has 0 fully saturated rings. The van der Waals surface area contributed by atoms with Crippen LogP contribution < -0.4 is 5.32 Å². The number of aromatic nitrogens is 4. The molecule has 2 rings (SSSR count). The van der Waals surface area contributed by atoms with Gasteiger partial charge in [-0.2, -0.15) is 0 Å². The first-order valence-electron chi connectivity index (χ1n) is 6.09. The molecule has 0 bridgehead atoms. The summed E-state index contributed by atoms with van der Waals surface area (Å²) in [6.45, 7) is 1.46. The normalized spacial score (nSPS) is 10.2. The lowest BCUT2D eigenvalue weighted by Gasteiger charge is -2.07. The Balaban J connectivity index is 2.05. The molecule has 0 unspecified atom stereocenters. The van der Waals surface area contributed by atoms with Crippen LogP contribution in [-0.2, 0) is 16.1 Å². The maximum Gasteiger partial charge on any atom is 0.378 e. The number of anilines is 1. The van der Waals surface area contributed by atoms with Crippen molar-refractivity contribution in [2.75, 3.05) is 11.9 Å². The summed E-state index contributed by atoms with van der Waals surface area (Å²) in [4.78, 5) is 23.4. The van der Waals surface area contributed by atoms with Crippen molar-refractivity contribution in [1.82, 2.24) is 20.2 Å². The summed E-state index contributed by atoms with van der Waals surface area (Å²) in [5, 5.41) is 12.7. The molecule has 21 heavy (non-hydrogen) atoms. The van der Waals surface area contributed by atoms with Crippen LogP contribution in [0.1, 0.15) is 17.5 Å². The monoisotopic (exact) mass is 293 g/mol. The first-order valence-corrected chi connectivity index (χ1v) is 6.09. The van der Waals surface area contributed by atoms with Crippen LogP contribution in [0.25, 0.3) is 0 Å². The number of carbonyl (C=O) groups excluding carboxylic acids is 2. The topological polar surface area (TPSA) is 99.0 Å². The Bertz CT molecular complexity index is 658. The van der Waals surface area contributed by atoms with Crippen LogP contribution in [0.15, 0.2) is 24.3 Å². The van der Waals surface area contributed by atoms with Crippen LogP contribution >= 0.6 is 0 Å². The van der Waals surface area contributed by atoms with Crippen molar-refractivity contribution in [3.05, 3.63) is 35.9 Å². The standard InChI is InChI=1S/C12H12FN5O3/c1-2-21-12(20)11-15-16-17-18(11)7-10(19)14-9-6-4-3-5-8(9)13/h3-6H,2,7H2,1H3,(H,14,19). The smallest absolute Gasteiger partial charge is 0.378 e. The zero-order valence-corrected chi connectivity index (χ0v) is 11.1. The van der Waals surface area contributed by atoms with Gasteiger partial charge in [0, 0.05) is 0 Å². The largest absolute Gasteiger partial charge is 0.460 e. The van der Waals surface area contributed by atoms with Crippen LogP contribution in [0, 0.1) is 5.82 Å². The molecule has 1 amide bonds. The number of ether oxygens (including phenoxy) is 1. The van der Waals surface area contributed by atoms with Crippen molar-refractivity contribution in [2.45, 2.75) is 13.5 Å². The second-order valence-electron chi connectivity index (χ2n) is 3.91. The van der Waals surface area contributed by atoms with Gasteiger partial charge in [-0.1, -0.05) is 12.1 Å². The van der Waals surface area contributed by atoms with E-state index in [2.05, 4.69) is 20.8 Å². The minimum atomic E-state index is -0.735. The second-order valence-corrected chi connectivity index (χ2v) is 3.91. The summed E-state index contributed by atoms with van der Waals surface area (Å²) in [6, 6.07) is 5.72. The van der Waals surface area contributed by atoms with Gasteiger partial charge in [0.15, 0.2) is 0 Å². The zero-order valence-electron chi connectivity index (χ0n) is 11.1. The van der Waals surface area contributed by atoms with Gasteiger partial charge in [0.2, 0.25) is 5.91 Å². The molecule has 0 saturated heterocycles. The van der Waals surface area contributed by atoms with E-state index in [1.807, 2.05) is 0 Å². The molecule has 110 valence electrons. The zero-order chi connectivity index (χ0) is 15.2. The summed E-state index contributed by atoms with van der Waals surface area (Å²) in [5.74, 6) is -2.06. The van der Waals surface area contributed by atoms with E-state index >= 15 is 0 Å². The number of halogens is 1. The number of benzene rings is 1. The number of nitrogens with zero attached hydrogens (tertiary/aromatic N) is 4. The molecule has 0 radical (unpaired) electrons. The van der Waals surface area contributed by atoms with Gasteiger partial charge in [-0.05, 0) is 29.5 Å². The number of carbonyl (C=O) groups is 2. The van der Waals surface area contributed by atoms with Gasteiger partial charge in [-0.25, -0.2) is 13.9 Å². The Labute approximate surface area is 118 Å². The highest BCUT2D eigenvalue weighted by molar-refractivity contribution is 5.91. The molecule has 1 aromatic carbocycles. The maximum absolute atomic E-state index is 13.4. The summed E-state index contributed by atoms with van der Waals surface area (Å²) >= 11 is 0. The lowest BCUT2D eigenvalue weighted by atomic mass is 10.3. The molecule has 0 aliphatic rings. The Morgan fingerprint density at radius 1 is 1.38 bits per heavy atom.